The van der Waals surface area contributed by atoms with E-state index < -0.39 is 17.4 Å². The van der Waals surface area contributed by atoms with Crippen molar-refractivity contribution in [3.8, 4) is 5.75 Å². The lowest BCUT2D eigenvalue weighted by Gasteiger charge is -2.14. The molecule has 5 nitrogen and oxygen atoms in total. The number of aromatic carboxylic acids is 1. The van der Waals surface area contributed by atoms with E-state index >= 15 is 0 Å². The Hall–Kier alpha value is -2.04. The zero-order valence-corrected chi connectivity index (χ0v) is 9.27. The molecule has 5 heteroatoms. The van der Waals surface area contributed by atoms with Gasteiger partial charge < -0.3 is 14.9 Å². The summed E-state index contributed by atoms with van der Waals surface area (Å²) in [5.74, 6) is -1.69. The first-order chi connectivity index (χ1) is 8.01. The summed E-state index contributed by atoms with van der Waals surface area (Å²) in [5.41, 5.74) is -0.650. The van der Waals surface area contributed by atoms with Crippen LogP contribution < -0.4 is 4.74 Å². The highest BCUT2D eigenvalue weighted by molar-refractivity contribution is 5.95. The molecule has 0 spiro atoms. The van der Waals surface area contributed by atoms with Crippen LogP contribution in [0.4, 0.5) is 0 Å². The molecule has 0 radical (unpaired) electrons. The zero-order valence-electron chi connectivity index (χ0n) is 9.27. The molecule has 0 bridgehead atoms. The van der Waals surface area contributed by atoms with Crippen molar-refractivity contribution in [2.45, 2.75) is 18.3 Å². The van der Waals surface area contributed by atoms with Gasteiger partial charge in [0.05, 0.1) is 18.1 Å². The van der Waals surface area contributed by atoms with Crippen molar-refractivity contribution in [3.63, 3.8) is 0 Å². The molecule has 2 rings (SSSR count). The molecule has 1 fully saturated rings. The number of aliphatic carboxylic acids is 1. The Morgan fingerprint density at radius 3 is 2.35 bits per heavy atom. The van der Waals surface area contributed by atoms with Crippen LogP contribution in [0.3, 0.4) is 0 Å². The van der Waals surface area contributed by atoms with E-state index in [9.17, 15) is 9.59 Å². The van der Waals surface area contributed by atoms with Crippen LogP contribution in [-0.4, -0.2) is 29.3 Å². The van der Waals surface area contributed by atoms with Crippen LogP contribution in [0.2, 0.25) is 0 Å². The Kier molecular flexibility index (Phi) is 2.53. The van der Waals surface area contributed by atoms with Gasteiger partial charge in [-0.15, -0.1) is 0 Å². The predicted octanol–water partition coefficient (Wildman–Crippen LogP) is 1.51. The largest absolute Gasteiger partial charge is 0.497 e. The normalized spacial score (nSPS) is 16.3. The summed E-state index contributed by atoms with van der Waals surface area (Å²) in [6, 6.07) is 4.48. The van der Waals surface area contributed by atoms with Crippen molar-refractivity contribution in [1.82, 2.24) is 0 Å². The lowest BCUT2D eigenvalue weighted by atomic mass is 9.91. The third-order valence-corrected chi connectivity index (χ3v) is 3.13. The van der Waals surface area contributed by atoms with Gasteiger partial charge in [0.15, 0.2) is 0 Å². The summed E-state index contributed by atoms with van der Waals surface area (Å²) in [4.78, 5) is 22.3. The fourth-order valence-corrected chi connectivity index (χ4v) is 1.97. The molecule has 0 atom stereocenters. The number of carbonyl (C=O) groups is 2. The van der Waals surface area contributed by atoms with Crippen LogP contribution in [-0.2, 0) is 10.2 Å². The summed E-state index contributed by atoms with van der Waals surface area (Å²) in [5, 5.41) is 18.3. The average molecular weight is 236 g/mol. The minimum Gasteiger partial charge on any atom is -0.497 e. The molecule has 1 aromatic carbocycles. The molecule has 90 valence electrons. The second kappa shape index (κ2) is 3.76. The molecule has 17 heavy (non-hydrogen) atoms. The van der Waals surface area contributed by atoms with E-state index in [0.29, 0.717) is 24.2 Å². The number of hydrogen-bond donors (Lipinski definition) is 2. The average Bonchev–Trinajstić information content (AvgIpc) is 3.09. The monoisotopic (exact) mass is 236 g/mol. The number of carboxylic acid groups (broad SMARTS) is 2. The summed E-state index contributed by atoms with van der Waals surface area (Å²) in [6.45, 7) is 0. The predicted molar refractivity (Wildman–Crippen MR) is 58.5 cm³/mol. The fourth-order valence-electron chi connectivity index (χ4n) is 1.97. The van der Waals surface area contributed by atoms with Gasteiger partial charge in [-0.1, -0.05) is 6.07 Å². The van der Waals surface area contributed by atoms with E-state index in [1.807, 2.05) is 0 Å². The van der Waals surface area contributed by atoms with Gasteiger partial charge in [-0.3, -0.25) is 4.79 Å². The maximum absolute atomic E-state index is 11.2. The molecule has 0 aliphatic heterocycles. The minimum absolute atomic E-state index is 0.00394. The molecule has 0 unspecified atom stereocenters. The zero-order chi connectivity index (χ0) is 12.6. The third-order valence-electron chi connectivity index (χ3n) is 3.13. The SMILES string of the molecule is COc1ccc(C2(C(=O)O)CC2)c(C(=O)O)c1. The second-order valence-electron chi connectivity index (χ2n) is 4.10. The molecule has 1 saturated carbocycles. The first-order valence-corrected chi connectivity index (χ1v) is 5.16. The molecule has 2 N–H and O–H groups in total. The molecular formula is C12H12O5. The molecule has 1 aliphatic carbocycles. The maximum Gasteiger partial charge on any atom is 0.336 e. The Labute approximate surface area is 97.6 Å². The van der Waals surface area contributed by atoms with Crippen LogP contribution in [0.15, 0.2) is 18.2 Å². The van der Waals surface area contributed by atoms with Crippen molar-refractivity contribution in [1.29, 1.82) is 0 Å². The van der Waals surface area contributed by atoms with E-state index in [0.717, 1.165) is 0 Å². The third kappa shape index (κ3) is 1.73. The van der Waals surface area contributed by atoms with Crippen LogP contribution in [0.25, 0.3) is 0 Å². The number of hydrogen-bond acceptors (Lipinski definition) is 3. The molecule has 0 saturated heterocycles. The topological polar surface area (TPSA) is 83.8 Å². The van der Waals surface area contributed by atoms with E-state index in [1.54, 1.807) is 6.07 Å². The van der Waals surface area contributed by atoms with Gasteiger partial charge in [0.25, 0.3) is 0 Å². The van der Waals surface area contributed by atoms with Crippen molar-refractivity contribution in [3.05, 3.63) is 29.3 Å². The smallest absolute Gasteiger partial charge is 0.336 e. The van der Waals surface area contributed by atoms with Crippen LogP contribution in [0.5, 0.6) is 5.75 Å². The fraction of sp³-hybridized carbons (Fsp3) is 0.333. The lowest BCUT2D eigenvalue weighted by Crippen LogP contribution is -2.22. The van der Waals surface area contributed by atoms with Crippen molar-refractivity contribution < 1.29 is 24.5 Å². The highest BCUT2D eigenvalue weighted by Crippen LogP contribution is 2.50. The lowest BCUT2D eigenvalue weighted by molar-refractivity contribution is -0.140. The number of ether oxygens (including phenoxy) is 1. The molecule has 1 aliphatic rings. The summed E-state index contributed by atoms with van der Waals surface area (Å²) in [6.07, 6.45) is 0.962. The van der Waals surface area contributed by atoms with Crippen molar-refractivity contribution >= 4 is 11.9 Å². The van der Waals surface area contributed by atoms with Crippen LogP contribution in [0.1, 0.15) is 28.8 Å². The van der Waals surface area contributed by atoms with Crippen LogP contribution in [0, 0.1) is 0 Å². The van der Waals surface area contributed by atoms with E-state index in [2.05, 4.69) is 0 Å². The van der Waals surface area contributed by atoms with Gasteiger partial charge in [0, 0.05) is 0 Å². The van der Waals surface area contributed by atoms with Crippen LogP contribution >= 0.6 is 0 Å². The summed E-state index contributed by atoms with van der Waals surface area (Å²) in [7, 11) is 1.44. The van der Waals surface area contributed by atoms with E-state index in [-0.39, 0.29) is 5.56 Å². The van der Waals surface area contributed by atoms with Gasteiger partial charge in [-0.2, -0.15) is 0 Å². The van der Waals surface area contributed by atoms with Gasteiger partial charge in [0.1, 0.15) is 5.75 Å². The number of carboxylic acids is 2. The Bertz CT molecular complexity index is 488. The maximum atomic E-state index is 11.2. The molecule has 1 aromatic rings. The Morgan fingerprint density at radius 1 is 1.29 bits per heavy atom. The van der Waals surface area contributed by atoms with E-state index in [1.165, 1.54) is 19.2 Å². The van der Waals surface area contributed by atoms with Gasteiger partial charge >= 0.3 is 11.9 Å². The Balaban J connectivity index is 2.54. The summed E-state index contributed by atoms with van der Waals surface area (Å²) >= 11 is 0. The van der Waals surface area contributed by atoms with Crippen molar-refractivity contribution in [2.75, 3.05) is 7.11 Å². The number of rotatable bonds is 4. The first kappa shape index (κ1) is 11.4. The first-order valence-electron chi connectivity index (χ1n) is 5.16. The second-order valence-corrected chi connectivity index (χ2v) is 4.10. The number of benzene rings is 1. The molecular weight excluding hydrogens is 224 g/mol. The summed E-state index contributed by atoms with van der Waals surface area (Å²) < 4.78 is 4.94. The highest BCUT2D eigenvalue weighted by atomic mass is 16.5. The minimum atomic E-state index is -1.13. The quantitative estimate of drug-likeness (QED) is 0.827. The van der Waals surface area contributed by atoms with Gasteiger partial charge in [-0.25, -0.2) is 4.79 Å². The Morgan fingerprint density at radius 2 is 1.94 bits per heavy atom. The molecule has 0 aromatic heterocycles. The van der Waals surface area contributed by atoms with Gasteiger partial charge in [0.2, 0.25) is 0 Å². The highest BCUT2D eigenvalue weighted by Gasteiger charge is 2.53. The van der Waals surface area contributed by atoms with E-state index in [4.69, 9.17) is 14.9 Å². The van der Waals surface area contributed by atoms with Crippen molar-refractivity contribution in [2.24, 2.45) is 0 Å². The molecule has 0 heterocycles. The standard InChI is InChI=1S/C12H12O5/c1-17-7-2-3-9(8(6-7)10(13)14)12(4-5-12)11(15)16/h2-3,6H,4-5H2,1H3,(H,13,14)(H,15,16). The molecule has 0 amide bonds. The number of methoxy groups -OCH3 is 1. The van der Waals surface area contributed by atoms with Gasteiger partial charge in [-0.05, 0) is 30.5 Å².